The highest BCUT2D eigenvalue weighted by molar-refractivity contribution is 7.10. The minimum atomic E-state index is -0.159. The zero-order valence-corrected chi connectivity index (χ0v) is 16.4. The number of hydrogen-bond acceptors (Lipinski definition) is 4. The monoisotopic (exact) mass is 400 g/mol. The molecule has 0 spiro atoms. The van der Waals surface area contributed by atoms with Gasteiger partial charge in [0.25, 0.3) is 0 Å². The predicted molar refractivity (Wildman–Crippen MR) is 108 cm³/mol. The van der Waals surface area contributed by atoms with Crippen LogP contribution in [0.15, 0.2) is 53.3 Å². The molecule has 27 heavy (non-hydrogen) atoms. The second kappa shape index (κ2) is 6.87. The van der Waals surface area contributed by atoms with Crippen LogP contribution in [-0.2, 0) is 11.8 Å². The lowest BCUT2D eigenvalue weighted by Gasteiger charge is -2.32. The van der Waals surface area contributed by atoms with Gasteiger partial charge in [-0.05, 0) is 35.9 Å². The van der Waals surface area contributed by atoms with Crippen molar-refractivity contribution in [1.82, 2.24) is 4.57 Å². The van der Waals surface area contributed by atoms with Crippen molar-refractivity contribution in [3.63, 3.8) is 0 Å². The molecule has 0 radical (unpaired) electrons. The van der Waals surface area contributed by atoms with Crippen LogP contribution >= 0.6 is 22.9 Å². The Balaban J connectivity index is 1.86. The second-order valence-corrected chi connectivity index (χ2v) is 7.78. The van der Waals surface area contributed by atoms with E-state index in [9.17, 15) is 9.59 Å². The van der Waals surface area contributed by atoms with E-state index in [1.54, 1.807) is 37.3 Å². The van der Waals surface area contributed by atoms with E-state index >= 15 is 0 Å². The molecule has 0 bridgehead atoms. The summed E-state index contributed by atoms with van der Waals surface area (Å²) < 4.78 is 6.75. The van der Waals surface area contributed by atoms with Gasteiger partial charge in [0, 0.05) is 24.4 Å². The Labute approximate surface area is 165 Å². The molecule has 5 nitrogen and oxygen atoms in total. The summed E-state index contributed by atoms with van der Waals surface area (Å²) in [6.07, 6.45) is 0.284. The smallest absolute Gasteiger partial charge is 0.308 e. The van der Waals surface area contributed by atoms with Crippen LogP contribution in [0.5, 0.6) is 5.75 Å². The fourth-order valence-electron chi connectivity index (χ4n) is 3.41. The summed E-state index contributed by atoms with van der Waals surface area (Å²) in [5.74, 6) is 1.14. The lowest BCUT2D eigenvalue weighted by atomic mass is 9.90. The van der Waals surface area contributed by atoms with Gasteiger partial charge in [-0.2, -0.15) is 0 Å². The number of anilines is 2. The number of benzene rings is 2. The third-order valence-electron chi connectivity index (χ3n) is 4.75. The first kappa shape index (κ1) is 17.8. The first-order chi connectivity index (χ1) is 13.0. The van der Waals surface area contributed by atoms with Gasteiger partial charge in [0.05, 0.1) is 17.7 Å². The van der Waals surface area contributed by atoms with Gasteiger partial charge in [0.15, 0.2) is 0 Å². The summed E-state index contributed by atoms with van der Waals surface area (Å²) in [5.41, 5.74) is 1.65. The molecule has 1 aliphatic rings. The molecule has 138 valence electrons. The van der Waals surface area contributed by atoms with Gasteiger partial charge in [-0.25, -0.2) is 0 Å². The summed E-state index contributed by atoms with van der Waals surface area (Å²) in [7, 11) is 3.31. The van der Waals surface area contributed by atoms with Crippen molar-refractivity contribution in [3.05, 3.63) is 73.7 Å². The number of fused-ring (bicyclic) bond motifs is 1. The molecule has 0 unspecified atom stereocenters. The molecule has 3 aromatic rings. The highest BCUT2D eigenvalue weighted by atomic mass is 35.5. The molecule has 0 N–H and O–H groups in total. The third kappa shape index (κ3) is 3.05. The van der Waals surface area contributed by atoms with Crippen LogP contribution in [-0.4, -0.2) is 17.6 Å². The summed E-state index contributed by atoms with van der Waals surface area (Å²) >= 11 is 7.30. The summed E-state index contributed by atoms with van der Waals surface area (Å²) in [6, 6.07) is 14.7. The van der Waals surface area contributed by atoms with Gasteiger partial charge in [0.2, 0.25) is 5.91 Å². The Bertz CT molecular complexity index is 1070. The lowest BCUT2D eigenvalue weighted by Crippen LogP contribution is -2.34. The summed E-state index contributed by atoms with van der Waals surface area (Å²) in [6.45, 7) is 0. The predicted octanol–water partition coefficient (Wildman–Crippen LogP) is 4.31. The Kier molecular flexibility index (Phi) is 4.53. The van der Waals surface area contributed by atoms with E-state index in [1.807, 2.05) is 30.3 Å². The van der Waals surface area contributed by atoms with E-state index in [2.05, 4.69) is 0 Å². The van der Waals surface area contributed by atoms with Gasteiger partial charge < -0.3 is 4.74 Å². The van der Waals surface area contributed by atoms with Crippen LogP contribution in [0.4, 0.5) is 11.5 Å². The number of hydrogen-bond donors (Lipinski definition) is 0. The maximum Gasteiger partial charge on any atom is 0.308 e. The van der Waals surface area contributed by atoms with Crippen LogP contribution in [0.3, 0.4) is 0 Å². The highest BCUT2D eigenvalue weighted by Gasteiger charge is 2.37. The maximum atomic E-state index is 13.1. The fraction of sp³-hybridized carbons (Fsp3) is 0.200. The number of carbonyl (C=O) groups excluding carboxylic acids is 1. The SMILES string of the molecule is COc1ccc([C@H]2CC(=O)N(c3cccc(Cl)c3)c3c2sc(=O)n3C)cc1. The molecule has 2 aromatic carbocycles. The van der Waals surface area contributed by atoms with Gasteiger partial charge >= 0.3 is 4.87 Å². The van der Waals surface area contributed by atoms with Gasteiger partial charge in [-0.1, -0.05) is 41.1 Å². The number of aromatic nitrogens is 1. The van der Waals surface area contributed by atoms with Crippen molar-refractivity contribution < 1.29 is 9.53 Å². The van der Waals surface area contributed by atoms with Crippen molar-refractivity contribution in [3.8, 4) is 5.75 Å². The van der Waals surface area contributed by atoms with Crippen LogP contribution < -0.4 is 14.5 Å². The molecule has 1 aromatic heterocycles. The maximum absolute atomic E-state index is 13.1. The number of carbonyl (C=O) groups is 1. The Morgan fingerprint density at radius 2 is 1.89 bits per heavy atom. The number of methoxy groups -OCH3 is 1. The molecule has 0 saturated heterocycles. The molecule has 0 saturated carbocycles. The largest absolute Gasteiger partial charge is 0.497 e. The zero-order valence-electron chi connectivity index (χ0n) is 14.8. The van der Waals surface area contributed by atoms with Crippen LogP contribution in [0.1, 0.15) is 22.8 Å². The number of ether oxygens (including phenoxy) is 1. The Morgan fingerprint density at radius 1 is 1.15 bits per heavy atom. The number of amides is 1. The van der Waals surface area contributed by atoms with Gasteiger partial charge in [-0.3, -0.25) is 19.1 Å². The first-order valence-corrected chi connectivity index (χ1v) is 9.61. The zero-order chi connectivity index (χ0) is 19.1. The van der Waals surface area contributed by atoms with Crippen molar-refractivity contribution >= 4 is 40.4 Å². The minimum Gasteiger partial charge on any atom is -0.497 e. The Hall–Kier alpha value is -2.57. The third-order valence-corrected chi connectivity index (χ3v) is 6.12. The van der Waals surface area contributed by atoms with E-state index in [4.69, 9.17) is 16.3 Å². The second-order valence-electron chi connectivity index (χ2n) is 6.35. The van der Waals surface area contributed by atoms with Gasteiger partial charge in [-0.15, -0.1) is 0 Å². The normalized spacial score (nSPS) is 16.3. The molecule has 2 heterocycles. The number of nitrogens with zero attached hydrogens (tertiary/aromatic N) is 2. The summed E-state index contributed by atoms with van der Waals surface area (Å²) in [5, 5.41) is 0.541. The van der Waals surface area contributed by atoms with Crippen LogP contribution in [0.25, 0.3) is 0 Å². The average Bonchev–Trinajstić information content (AvgIpc) is 2.96. The molecule has 1 amide bonds. The van der Waals surface area contributed by atoms with E-state index in [0.717, 1.165) is 16.2 Å². The molecule has 0 fully saturated rings. The minimum absolute atomic E-state index is 0.0704. The van der Waals surface area contributed by atoms with E-state index in [-0.39, 0.29) is 23.1 Å². The fourth-order valence-corrected chi connectivity index (χ4v) is 4.69. The number of rotatable bonds is 3. The van der Waals surface area contributed by atoms with E-state index < -0.39 is 0 Å². The van der Waals surface area contributed by atoms with Crippen LogP contribution in [0.2, 0.25) is 5.02 Å². The summed E-state index contributed by atoms with van der Waals surface area (Å²) in [4.78, 5) is 27.9. The van der Waals surface area contributed by atoms with E-state index in [0.29, 0.717) is 16.5 Å². The molecule has 1 atom stereocenters. The van der Waals surface area contributed by atoms with Crippen LogP contribution in [0, 0.1) is 0 Å². The molecule has 1 aliphatic heterocycles. The quantitative estimate of drug-likeness (QED) is 0.658. The molecule has 4 rings (SSSR count). The van der Waals surface area contributed by atoms with Crippen molar-refractivity contribution in [2.45, 2.75) is 12.3 Å². The molecular formula is C20H17ClN2O3S. The lowest BCUT2D eigenvalue weighted by molar-refractivity contribution is -0.118. The number of thiazole rings is 1. The van der Waals surface area contributed by atoms with Crippen molar-refractivity contribution in [1.29, 1.82) is 0 Å². The van der Waals surface area contributed by atoms with Gasteiger partial charge in [0.1, 0.15) is 11.6 Å². The standard InChI is InChI=1S/C20H17ClN2O3S/c1-22-19-18(27-20(22)25)16(12-6-8-15(26-2)9-7-12)11-17(24)23(19)14-5-3-4-13(21)10-14/h3-10,16H,11H2,1-2H3/t16-/m1/s1. The highest BCUT2D eigenvalue weighted by Crippen LogP contribution is 2.44. The van der Waals surface area contributed by atoms with Crippen molar-refractivity contribution in [2.75, 3.05) is 12.0 Å². The average molecular weight is 401 g/mol. The molecule has 7 heteroatoms. The number of halogens is 1. The van der Waals surface area contributed by atoms with Crippen molar-refractivity contribution in [2.24, 2.45) is 7.05 Å². The van der Waals surface area contributed by atoms with E-state index in [1.165, 1.54) is 15.9 Å². The molecular weight excluding hydrogens is 384 g/mol. The Morgan fingerprint density at radius 3 is 2.56 bits per heavy atom. The molecule has 0 aliphatic carbocycles. The topological polar surface area (TPSA) is 51.5 Å². The first-order valence-electron chi connectivity index (χ1n) is 8.41.